The molecule has 1 saturated heterocycles. The number of ether oxygens (including phenoxy) is 1. The van der Waals surface area contributed by atoms with Gasteiger partial charge in [-0.05, 0) is 73.6 Å². The lowest BCUT2D eigenvalue weighted by molar-refractivity contribution is 0.0374. The minimum absolute atomic E-state index is 0.0626. The van der Waals surface area contributed by atoms with Crippen LogP contribution in [0.25, 0.3) is 5.69 Å². The maximum atomic E-state index is 13.1. The van der Waals surface area contributed by atoms with E-state index in [1.165, 1.54) is 34.9 Å². The molecule has 0 atom stereocenters. The van der Waals surface area contributed by atoms with Gasteiger partial charge in [0.2, 0.25) is 0 Å². The van der Waals surface area contributed by atoms with E-state index < -0.39 is 17.3 Å². The van der Waals surface area contributed by atoms with Crippen LogP contribution in [0.1, 0.15) is 27.1 Å². The highest BCUT2D eigenvalue weighted by Gasteiger charge is 2.14. The van der Waals surface area contributed by atoms with E-state index in [2.05, 4.69) is 15.5 Å². The molecule has 0 unspecified atom stereocenters. The van der Waals surface area contributed by atoms with Crippen molar-refractivity contribution < 1.29 is 18.7 Å². The number of pyridine rings is 1. The third-order valence-electron chi connectivity index (χ3n) is 5.74. The Kier molecular flexibility index (Phi) is 8.02. The van der Waals surface area contributed by atoms with Gasteiger partial charge in [-0.3, -0.25) is 23.9 Å². The fourth-order valence-corrected chi connectivity index (χ4v) is 3.80. The number of morpholine rings is 1. The normalized spacial score (nSPS) is 13.9. The van der Waals surface area contributed by atoms with E-state index in [0.717, 1.165) is 39.3 Å². The van der Waals surface area contributed by atoms with Crippen molar-refractivity contribution in [1.82, 2.24) is 14.8 Å². The number of benzene rings is 2. The minimum Gasteiger partial charge on any atom is -0.379 e. The van der Waals surface area contributed by atoms with Crippen LogP contribution in [0.3, 0.4) is 0 Å². The summed E-state index contributed by atoms with van der Waals surface area (Å²) in [5.41, 5.74) is 1.03. The van der Waals surface area contributed by atoms with Gasteiger partial charge in [-0.15, -0.1) is 0 Å². The fraction of sp³-hybridized carbons (Fsp3) is 0.269. The number of hydrogen-bond acceptors (Lipinski definition) is 5. The first-order valence-corrected chi connectivity index (χ1v) is 11.5. The second-order valence-electron chi connectivity index (χ2n) is 8.17. The first-order valence-electron chi connectivity index (χ1n) is 11.5. The minimum atomic E-state index is -0.429. The predicted molar refractivity (Wildman–Crippen MR) is 131 cm³/mol. The molecule has 0 bridgehead atoms. The van der Waals surface area contributed by atoms with Crippen molar-refractivity contribution in [3.05, 3.63) is 94.2 Å². The van der Waals surface area contributed by atoms with Gasteiger partial charge in [0.05, 0.1) is 13.2 Å². The number of aromatic nitrogens is 1. The first kappa shape index (κ1) is 24.3. The van der Waals surface area contributed by atoms with Crippen molar-refractivity contribution in [3.63, 3.8) is 0 Å². The lowest BCUT2D eigenvalue weighted by atomic mass is 10.2. The Morgan fingerprint density at radius 3 is 2.37 bits per heavy atom. The average Bonchev–Trinajstić information content (AvgIpc) is 2.88. The molecule has 35 heavy (non-hydrogen) atoms. The molecule has 4 rings (SSSR count). The molecule has 8 nitrogen and oxygen atoms in total. The van der Waals surface area contributed by atoms with Gasteiger partial charge < -0.3 is 15.4 Å². The molecule has 2 heterocycles. The number of amides is 2. The number of hydrogen-bond donors (Lipinski definition) is 2. The molecule has 1 aliphatic rings. The van der Waals surface area contributed by atoms with E-state index in [1.54, 1.807) is 36.5 Å². The lowest BCUT2D eigenvalue weighted by Crippen LogP contribution is -2.38. The van der Waals surface area contributed by atoms with E-state index in [4.69, 9.17) is 4.74 Å². The number of nitrogens with zero attached hydrogens (tertiary/aromatic N) is 2. The molecule has 2 N–H and O–H groups in total. The summed E-state index contributed by atoms with van der Waals surface area (Å²) in [6.07, 6.45) is 2.38. The molecular formula is C26H27FN4O4. The van der Waals surface area contributed by atoms with Crippen LogP contribution in [0.2, 0.25) is 0 Å². The molecule has 1 aromatic heterocycles. The van der Waals surface area contributed by atoms with Crippen LogP contribution >= 0.6 is 0 Å². The maximum absolute atomic E-state index is 13.1. The Hall–Kier alpha value is -3.82. The number of anilines is 1. The molecule has 0 aliphatic carbocycles. The number of rotatable bonds is 8. The molecule has 0 radical (unpaired) electrons. The summed E-state index contributed by atoms with van der Waals surface area (Å²) >= 11 is 0. The summed E-state index contributed by atoms with van der Waals surface area (Å²) in [6, 6.07) is 15.0. The molecule has 2 amide bonds. The van der Waals surface area contributed by atoms with Gasteiger partial charge in [-0.25, -0.2) is 4.39 Å². The van der Waals surface area contributed by atoms with Crippen LogP contribution in [0.5, 0.6) is 0 Å². The highest BCUT2D eigenvalue weighted by molar-refractivity contribution is 6.04. The van der Waals surface area contributed by atoms with Crippen LogP contribution < -0.4 is 16.2 Å². The van der Waals surface area contributed by atoms with Crippen molar-refractivity contribution in [2.45, 2.75) is 6.42 Å². The van der Waals surface area contributed by atoms with Crippen LogP contribution in [0, 0.1) is 5.82 Å². The van der Waals surface area contributed by atoms with Gasteiger partial charge in [0.25, 0.3) is 17.4 Å². The SMILES string of the molecule is O=C(Nc1ccc(-n2cccc(C(=O)NCCCN3CCOCC3)c2=O)cc1)c1ccc(F)cc1. The van der Waals surface area contributed by atoms with Crippen LogP contribution in [0.4, 0.5) is 10.1 Å². The van der Waals surface area contributed by atoms with Gasteiger partial charge in [0, 0.05) is 42.8 Å². The summed E-state index contributed by atoms with van der Waals surface area (Å²) < 4.78 is 19.8. The summed E-state index contributed by atoms with van der Waals surface area (Å²) in [5, 5.41) is 5.56. The molecule has 0 spiro atoms. The smallest absolute Gasteiger partial charge is 0.267 e. The molecule has 2 aromatic carbocycles. The second-order valence-corrected chi connectivity index (χ2v) is 8.17. The number of carbonyl (C=O) groups excluding carboxylic acids is 2. The zero-order valence-corrected chi connectivity index (χ0v) is 19.2. The Morgan fingerprint density at radius 2 is 1.66 bits per heavy atom. The number of carbonyl (C=O) groups is 2. The van der Waals surface area contributed by atoms with Crippen molar-refractivity contribution in [2.24, 2.45) is 0 Å². The second kappa shape index (κ2) is 11.5. The summed E-state index contributed by atoms with van der Waals surface area (Å²) in [4.78, 5) is 40.1. The maximum Gasteiger partial charge on any atom is 0.267 e. The zero-order valence-electron chi connectivity index (χ0n) is 19.2. The van der Waals surface area contributed by atoms with Crippen molar-refractivity contribution >= 4 is 17.5 Å². The third-order valence-corrected chi connectivity index (χ3v) is 5.74. The quantitative estimate of drug-likeness (QED) is 0.486. The molecular weight excluding hydrogens is 451 g/mol. The van der Waals surface area contributed by atoms with Crippen LogP contribution in [-0.2, 0) is 4.74 Å². The Morgan fingerprint density at radius 1 is 0.943 bits per heavy atom. The average molecular weight is 479 g/mol. The van der Waals surface area contributed by atoms with Gasteiger partial charge in [-0.1, -0.05) is 0 Å². The summed E-state index contributed by atoms with van der Waals surface area (Å²) in [7, 11) is 0. The molecule has 182 valence electrons. The van der Waals surface area contributed by atoms with Gasteiger partial charge >= 0.3 is 0 Å². The van der Waals surface area contributed by atoms with Gasteiger partial charge in [0.1, 0.15) is 11.4 Å². The first-order chi connectivity index (χ1) is 17.0. The Balaban J connectivity index is 1.36. The van der Waals surface area contributed by atoms with Crippen LogP contribution in [-0.4, -0.2) is 60.7 Å². The van der Waals surface area contributed by atoms with Gasteiger partial charge in [-0.2, -0.15) is 0 Å². The van der Waals surface area contributed by atoms with E-state index in [9.17, 15) is 18.8 Å². The van der Waals surface area contributed by atoms with Crippen LogP contribution in [0.15, 0.2) is 71.7 Å². The molecule has 1 aliphatic heterocycles. The molecule has 9 heteroatoms. The highest BCUT2D eigenvalue weighted by atomic mass is 19.1. The van der Waals surface area contributed by atoms with E-state index in [-0.39, 0.29) is 11.5 Å². The van der Waals surface area contributed by atoms with E-state index in [1.807, 2.05) is 0 Å². The standard InChI is InChI=1S/C26H27FN4O4/c27-20-6-4-19(5-7-20)24(32)29-21-8-10-22(11-9-21)31-14-1-3-23(26(31)34)25(33)28-12-2-13-30-15-17-35-18-16-30/h1,3-11,14H,2,12-13,15-18H2,(H,28,33)(H,29,32). The molecule has 1 fully saturated rings. The largest absolute Gasteiger partial charge is 0.379 e. The van der Waals surface area contributed by atoms with E-state index >= 15 is 0 Å². The number of halogens is 1. The van der Waals surface area contributed by atoms with E-state index in [0.29, 0.717) is 23.5 Å². The summed E-state index contributed by atoms with van der Waals surface area (Å²) in [6.45, 7) is 4.60. The summed E-state index contributed by atoms with van der Waals surface area (Å²) in [5.74, 6) is -1.20. The topological polar surface area (TPSA) is 92.7 Å². The van der Waals surface area contributed by atoms with Gasteiger partial charge in [0.15, 0.2) is 0 Å². The predicted octanol–water partition coefficient (Wildman–Crippen LogP) is 2.68. The monoisotopic (exact) mass is 478 g/mol. The molecule has 0 saturated carbocycles. The van der Waals surface area contributed by atoms with Crippen molar-refractivity contribution in [2.75, 3.05) is 44.7 Å². The third kappa shape index (κ3) is 6.40. The van der Waals surface area contributed by atoms with Crippen molar-refractivity contribution in [3.8, 4) is 5.69 Å². The highest BCUT2D eigenvalue weighted by Crippen LogP contribution is 2.14. The fourth-order valence-electron chi connectivity index (χ4n) is 3.80. The lowest BCUT2D eigenvalue weighted by Gasteiger charge is -2.26. The molecule has 3 aromatic rings. The van der Waals surface area contributed by atoms with Crippen molar-refractivity contribution in [1.29, 1.82) is 0 Å². The zero-order chi connectivity index (χ0) is 24.6. The Bertz CT molecular complexity index is 1220. The Labute approximate surface area is 202 Å². The number of nitrogens with one attached hydrogen (secondary N) is 2.